The van der Waals surface area contributed by atoms with Crippen LogP contribution in [0, 0.1) is 11.6 Å². The maximum absolute atomic E-state index is 14.3. The molecule has 55 heavy (non-hydrogen) atoms. The third kappa shape index (κ3) is 8.19. The smallest absolute Gasteiger partial charge is 0.254 e. The van der Waals surface area contributed by atoms with Crippen LogP contribution in [0.15, 0.2) is 102 Å². The molecule has 12 heteroatoms. The lowest BCUT2D eigenvalue weighted by molar-refractivity contribution is 0.0653. The van der Waals surface area contributed by atoms with Crippen LogP contribution in [-0.4, -0.2) is 83.2 Å². The van der Waals surface area contributed by atoms with Crippen molar-refractivity contribution in [3.05, 3.63) is 130 Å². The van der Waals surface area contributed by atoms with Crippen LogP contribution in [0.25, 0.3) is 10.6 Å². The summed E-state index contributed by atoms with van der Waals surface area (Å²) in [5.74, 6) is -0.683. The molecule has 0 bridgehead atoms. The topological polar surface area (TPSA) is 77.3 Å². The van der Waals surface area contributed by atoms with Gasteiger partial charge in [-0.05, 0) is 91.2 Å². The molecule has 1 saturated carbocycles. The summed E-state index contributed by atoms with van der Waals surface area (Å²) in [5.41, 5.74) is 4.86. The summed E-state index contributed by atoms with van der Waals surface area (Å²) in [6.45, 7) is 4.02. The Morgan fingerprint density at radius 3 is 1.87 bits per heavy atom. The number of benzene rings is 4. The second-order valence-electron chi connectivity index (χ2n) is 14.6. The van der Waals surface area contributed by atoms with E-state index in [1.54, 1.807) is 35.6 Å². The largest absolute Gasteiger partial charge is 0.368 e. The molecule has 1 aliphatic carbocycles. The Morgan fingerprint density at radius 2 is 1.24 bits per heavy atom. The van der Waals surface area contributed by atoms with Gasteiger partial charge in [0.2, 0.25) is 4.80 Å². The number of aryl methyl sites for hydroxylation is 1. The molecule has 0 radical (unpaired) electrons. The van der Waals surface area contributed by atoms with Crippen molar-refractivity contribution >= 4 is 34.5 Å². The van der Waals surface area contributed by atoms with E-state index in [-0.39, 0.29) is 29.5 Å². The molecular weight excluding hydrogens is 717 g/mol. The molecule has 284 valence electrons. The highest BCUT2D eigenvalue weighted by Gasteiger charge is 2.33. The number of halogens is 2. The first kappa shape index (κ1) is 36.6. The first-order valence-corrected chi connectivity index (χ1v) is 20.0. The van der Waals surface area contributed by atoms with Crippen LogP contribution in [-0.2, 0) is 7.05 Å². The number of nitrogens with zero attached hydrogens (tertiary/aromatic N) is 7. The Morgan fingerprint density at radius 1 is 0.673 bits per heavy atom. The molecule has 3 fully saturated rings. The minimum atomic E-state index is -0.309. The van der Waals surface area contributed by atoms with E-state index in [1.165, 1.54) is 43.5 Å². The first-order chi connectivity index (χ1) is 26.8. The molecule has 2 aliphatic heterocycles. The summed E-state index contributed by atoms with van der Waals surface area (Å²) in [6, 6.07) is 28.2. The predicted octanol–water partition coefficient (Wildman–Crippen LogP) is 7.33. The second-order valence-corrected chi connectivity index (χ2v) is 15.6. The Kier molecular flexibility index (Phi) is 10.8. The Hall–Kier alpha value is -5.36. The Labute approximate surface area is 324 Å². The number of amides is 2. The van der Waals surface area contributed by atoms with Gasteiger partial charge in [-0.1, -0.05) is 54.9 Å². The van der Waals surface area contributed by atoms with E-state index in [0.717, 1.165) is 45.2 Å². The molecule has 2 amide bonds. The number of rotatable bonds is 7. The molecule has 0 N–H and O–H groups in total. The molecule has 1 atom stereocenters. The van der Waals surface area contributed by atoms with Crippen molar-refractivity contribution in [1.29, 1.82) is 0 Å². The number of carbonyl (C=O) groups is 2. The minimum Gasteiger partial charge on any atom is -0.368 e. The van der Waals surface area contributed by atoms with Crippen LogP contribution in [0.1, 0.15) is 64.4 Å². The van der Waals surface area contributed by atoms with Gasteiger partial charge in [-0.15, -0.1) is 0 Å². The zero-order valence-electron chi connectivity index (χ0n) is 31.0. The lowest BCUT2D eigenvalue weighted by Gasteiger charge is -2.43. The van der Waals surface area contributed by atoms with Gasteiger partial charge in [0.05, 0.1) is 12.1 Å². The van der Waals surface area contributed by atoms with Gasteiger partial charge < -0.3 is 19.6 Å². The van der Waals surface area contributed by atoms with Crippen molar-refractivity contribution < 1.29 is 18.4 Å². The summed E-state index contributed by atoms with van der Waals surface area (Å²) in [6.07, 6.45) is 6.00. The molecule has 9 nitrogen and oxygen atoms in total. The van der Waals surface area contributed by atoms with Crippen LogP contribution >= 0.6 is 11.3 Å². The molecule has 0 spiro atoms. The van der Waals surface area contributed by atoms with E-state index in [2.05, 4.69) is 9.80 Å². The van der Waals surface area contributed by atoms with Crippen molar-refractivity contribution in [2.75, 3.05) is 55.6 Å². The van der Waals surface area contributed by atoms with E-state index in [9.17, 15) is 18.4 Å². The molecule has 1 aromatic heterocycles. The Balaban J connectivity index is 0.988. The Bertz CT molecular complexity index is 2170. The van der Waals surface area contributed by atoms with Crippen molar-refractivity contribution in [3.63, 3.8) is 0 Å². The first-order valence-electron chi connectivity index (χ1n) is 19.2. The molecule has 3 heterocycles. The zero-order valence-corrected chi connectivity index (χ0v) is 31.8. The number of piperazine rings is 2. The van der Waals surface area contributed by atoms with E-state index < -0.39 is 0 Å². The summed E-state index contributed by atoms with van der Waals surface area (Å²) in [5, 5.41) is 5.62. The van der Waals surface area contributed by atoms with Crippen molar-refractivity contribution in [2.24, 2.45) is 12.0 Å². The van der Waals surface area contributed by atoms with Gasteiger partial charge in [-0.3, -0.25) is 14.6 Å². The molecule has 2 saturated heterocycles. The van der Waals surface area contributed by atoms with Crippen LogP contribution in [0.2, 0.25) is 0 Å². The van der Waals surface area contributed by atoms with Crippen molar-refractivity contribution in [3.8, 4) is 10.6 Å². The molecule has 1 unspecified atom stereocenters. The van der Waals surface area contributed by atoms with E-state index in [4.69, 9.17) is 10.1 Å². The number of carbonyl (C=O) groups excluding carboxylic acids is 2. The number of hydrogen-bond donors (Lipinski definition) is 0. The van der Waals surface area contributed by atoms with Gasteiger partial charge >= 0.3 is 0 Å². The fourth-order valence-electron chi connectivity index (χ4n) is 7.91. The number of anilines is 2. The molecule has 4 aromatic carbocycles. The molecule has 3 aliphatic rings. The van der Waals surface area contributed by atoms with Gasteiger partial charge in [0, 0.05) is 80.9 Å². The maximum atomic E-state index is 14.3. The number of aromatic nitrogens is 2. The normalized spacial score (nSPS) is 18.5. The monoisotopic (exact) mass is 761 g/mol. The molecule has 8 rings (SSSR count). The van der Waals surface area contributed by atoms with E-state index in [1.807, 2.05) is 70.1 Å². The van der Waals surface area contributed by atoms with Crippen molar-refractivity contribution in [1.82, 2.24) is 19.6 Å². The van der Waals surface area contributed by atoms with Gasteiger partial charge in [0.15, 0.2) is 0 Å². The van der Waals surface area contributed by atoms with Gasteiger partial charge in [-0.2, -0.15) is 5.10 Å². The van der Waals surface area contributed by atoms with Crippen LogP contribution in [0.5, 0.6) is 0 Å². The van der Waals surface area contributed by atoms with Crippen LogP contribution in [0.3, 0.4) is 0 Å². The van der Waals surface area contributed by atoms with E-state index >= 15 is 0 Å². The van der Waals surface area contributed by atoms with Crippen LogP contribution < -0.4 is 14.6 Å². The molecular formula is C43H45F2N7O2S. The predicted molar refractivity (Wildman–Crippen MR) is 212 cm³/mol. The van der Waals surface area contributed by atoms with Crippen LogP contribution in [0.4, 0.5) is 20.2 Å². The average Bonchev–Trinajstić information content (AvgIpc) is 3.60. The summed E-state index contributed by atoms with van der Waals surface area (Å²) >= 11 is 1.58. The third-order valence-corrected chi connectivity index (χ3v) is 12.1. The highest BCUT2D eigenvalue weighted by Crippen LogP contribution is 2.32. The minimum absolute atomic E-state index is 0.0430. The fourth-order valence-corrected chi connectivity index (χ4v) is 8.88. The summed E-state index contributed by atoms with van der Waals surface area (Å²) in [4.78, 5) is 41.9. The molecule has 5 aromatic rings. The highest BCUT2D eigenvalue weighted by atomic mass is 32.1. The maximum Gasteiger partial charge on any atom is 0.254 e. The SMILES string of the molecule is Cn1nc(-c2ccc(C(=O)N3CCN(c4ccc(F)cc4)CC3c3ccc(C(=O)N4CCN(c5ccc(F)cc5)CC4)cc3)cc2)sc1=NC1CCCCC1. The van der Waals surface area contributed by atoms with Gasteiger partial charge in [-0.25, -0.2) is 13.5 Å². The summed E-state index contributed by atoms with van der Waals surface area (Å²) in [7, 11) is 1.94. The number of hydrogen-bond acceptors (Lipinski definition) is 7. The third-order valence-electron chi connectivity index (χ3n) is 11.1. The standard InChI is InChI=1S/C43H45F2N7O2S/c1-48-43(46-36-5-3-2-4-6-36)55-40(47-48)31-9-13-33(14-10-31)42(54)52-28-27-51(38-21-17-35(45)18-22-38)29-39(52)30-7-11-32(12-8-30)41(53)50-25-23-49(24-26-50)37-19-15-34(44)16-20-37/h7-22,36,39H,2-6,23-29H2,1H3. The van der Waals surface area contributed by atoms with E-state index in [0.29, 0.717) is 63.0 Å². The lowest BCUT2D eigenvalue weighted by Crippen LogP contribution is -2.50. The fraction of sp³-hybridized carbons (Fsp3) is 0.349. The van der Waals surface area contributed by atoms with Gasteiger partial charge in [0.1, 0.15) is 16.6 Å². The lowest BCUT2D eigenvalue weighted by atomic mass is 9.96. The highest BCUT2D eigenvalue weighted by molar-refractivity contribution is 7.12. The second kappa shape index (κ2) is 16.2. The quantitative estimate of drug-likeness (QED) is 0.174. The van der Waals surface area contributed by atoms with Gasteiger partial charge in [0.25, 0.3) is 11.8 Å². The summed E-state index contributed by atoms with van der Waals surface area (Å²) < 4.78 is 29.1. The average molecular weight is 762 g/mol. The zero-order chi connectivity index (χ0) is 37.9. The van der Waals surface area contributed by atoms with Crippen molar-refractivity contribution in [2.45, 2.75) is 44.2 Å².